The summed E-state index contributed by atoms with van der Waals surface area (Å²) in [6.07, 6.45) is 2.96. The van der Waals surface area contributed by atoms with E-state index in [2.05, 4.69) is 13.0 Å². The van der Waals surface area contributed by atoms with Crippen molar-refractivity contribution < 1.29 is 9.63 Å². The minimum absolute atomic E-state index is 0.196. The molecular formula is C17H22ClNO2. The third-order valence-electron chi connectivity index (χ3n) is 3.54. The summed E-state index contributed by atoms with van der Waals surface area (Å²) in [6, 6.07) is 5.94. The molecule has 0 atom stereocenters. The lowest BCUT2D eigenvalue weighted by molar-refractivity contribution is -0.198. The van der Waals surface area contributed by atoms with Gasteiger partial charge in [0, 0.05) is 11.6 Å². The third kappa shape index (κ3) is 4.08. The molecule has 0 unspecified atom stereocenters. The summed E-state index contributed by atoms with van der Waals surface area (Å²) in [5.74, 6) is -0.196. The smallest absolute Gasteiger partial charge is 0.330 e. The molecule has 0 aromatic heterocycles. The first-order valence-corrected chi connectivity index (χ1v) is 7.58. The number of hydrogen-bond acceptors (Lipinski definition) is 3. The van der Waals surface area contributed by atoms with Gasteiger partial charge in [0.15, 0.2) is 0 Å². The van der Waals surface area contributed by atoms with E-state index in [9.17, 15) is 4.79 Å². The maximum atomic E-state index is 11.9. The largest absolute Gasteiger partial charge is 0.367 e. The van der Waals surface area contributed by atoms with Gasteiger partial charge in [-0.2, -0.15) is 0 Å². The molecule has 0 bridgehead atoms. The van der Waals surface area contributed by atoms with Crippen molar-refractivity contribution in [1.29, 1.82) is 0 Å². The van der Waals surface area contributed by atoms with Gasteiger partial charge in [0.1, 0.15) is 0 Å². The van der Waals surface area contributed by atoms with Gasteiger partial charge in [-0.25, -0.2) is 4.79 Å². The van der Waals surface area contributed by atoms with Crippen LogP contribution in [0.25, 0.3) is 5.57 Å². The van der Waals surface area contributed by atoms with Gasteiger partial charge in [0.2, 0.25) is 0 Å². The lowest BCUT2D eigenvalue weighted by Gasteiger charge is -2.28. The Morgan fingerprint density at radius 2 is 2.05 bits per heavy atom. The van der Waals surface area contributed by atoms with Gasteiger partial charge in [-0.1, -0.05) is 23.7 Å². The Morgan fingerprint density at radius 3 is 2.62 bits per heavy atom. The SMILES string of the molecule is Cc1ccc(Cl)cc1C1=CCN(OC(=O)C(C)(C)C)CC1. The van der Waals surface area contributed by atoms with E-state index in [1.807, 2.05) is 39.0 Å². The van der Waals surface area contributed by atoms with Crippen LogP contribution in [0.2, 0.25) is 5.02 Å². The normalized spacial score (nSPS) is 16.5. The molecule has 0 saturated carbocycles. The number of carbonyl (C=O) groups is 1. The van der Waals surface area contributed by atoms with Crippen molar-refractivity contribution in [2.75, 3.05) is 13.1 Å². The predicted molar refractivity (Wildman–Crippen MR) is 85.9 cm³/mol. The van der Waals surface area contributed by atoms with Crippen LogP contribution in [-0.2, 0) is 9.63 Å². The second kappa shape index (κ2) is 6.20. The highest BCUT2D eigenvalue weighted by atomic mass is 35.5. The Kier molecular flexibility index (Phi) is 4.74. The zero-order valence-corrected chi connectivity index (χ0v) is 13.8. The van der Waals surface area contributed by atoms with Gasteiger partial charge in [-0.15, -0.1) is 5.06 Å². The third-order valence-corrected chi connectivity index (χ3v) is 3.78. The molecule has 114 valence electrons. The van der Waals surface area contributed by atoms with E-state index in [4.69, 9.17) is 16.4 Å². The summed E-state index contributed by atoms with van der Waals surface area (Å²) in [4.78, 5) is 17.3. The fraction of sp³-hybridized carbons (Fsp3) is 0.471. The second-order valence-electron chi connectivity index (χ2n) is 6.46. The zero-order valence-electron chi connectivity index (χ0n) is 13.1. The minimum Gasteiger partial charge on any atom is -0.367 e. The molecule has 0 fully saturated rings. The molecule has 0 aliphatic carbocycles. The topological polar surface area (TPSA) is 29.5 Å². The van der Waals surface area contributed by atoms with Crippen LogP contribution >= 0.6 is 11.6 Å². The summed E-state index contributed by atoms with van der Waals surface area (Å²) in [5.41, 5.74) is 3.18. The van der Waals surface area contributed by atoms with Crippen molar-refractivity contribution in [1.82, 2.24) is 5.06 Å². The average Bonchev–Trinajstić information content (AvgIpc) is 2.41. The zero-order chi connectivity index (χ0) is 15.6. The molecule has 4 heteroatoms. The van der Waals surface area contributed by atoms with Crippen LogP contribution in [0.3, 0.4) is 0 Å². The summed E-state index contributed by atoms with van der Waals surface area (Å²) >= 11 is 6.08. The standard InChI is InChI=1S/C17H22ClNO2/c1-12-5-6-14(18)11-15(12)13-7-9-19(10-8-13)21-16(20)17(2,3)4/h5-7,11H,8-10H2,1-4H3. The highest BCUT2D eigenvalue weighted by molar-refractivity contribution is 6.30. The molecule has 0 radical (unpaired) electrons. The number of benzene rings is 1. The molecule has 21 heavy (non-hydrogen) atoms. The fourth-order valence-corrected chi connectivity index (χ4v) is 2.34. The van der Waals surface area contributed by atoms with Crippen LogP contribution in [0.5, 0.6) is 0 Å². The van der Waals surface area contributed by atoms with Crippen LogP contribution in [0, 0.1) is 12.3 Å². The fourth-order valence-electron chi connectivity index (χ4n) is 2.17. The first kappa shape index (κ1) is 16.1. The quantitative estimate of drug-likeness (QED) is 0.818. The highest BCUT2D eigenvalue weighted by Gasteiger charge is 2.26. The van der Waals surface area contributed by atoms with E-state index < -0.39 is 5.41 Å². The first-order chi connectivity index (χ1) is 9.77. The van der Waals surface area contributed by atoms with E-state index in [1.54, 1.807) is 5.06 Å². The van der Waals surface area contributed by atoms with Crippen molar-refractivity contribution in [2.45, 2.75) is 34.1 Å². The highest BCUT2D eigenvalue weighted by Crippen LogP contribution is 2.28. The summed E-state index contributed by atoms with van der Waals surface area (Å²) in [5, 5.41) is 2.47. The minimum atomic E-state index is -0.479. The van der Waals surface area contributed by atoms with Gasteiger partial charge < -0.3 is 4.84 Å². The number of nitrogens with zero attached hydrogens (tertiary/aromatic N) is 1. The summed E-state index contributed by atoms with van der Waals surface area (Å²) in [7, 11) is 0. The van der Waals surface area contributed by atoms with Crippen molar-refractivity contribution >= 4 is 23.1 Å². The Bertz CT molecular complexity index is 573. The van der Waals surface area contributed by atoms with Crippen LogP contribution in [-0.4, -0.2) is 24.1 Å². The molecular weight excluding hydrogens is 286 g/mol. The lowest BCUT2D eigenvalue weighted by atomic mass is 9.96. The maximum absolute atomic E-state index is 11.9. The predicted octanol–water partition coefficient (Wildman–Crippen LogP) is 4.24. The van der Waals surface area contributed by atoms with E-state index in [0.717, 1.165) is 11.4 Å². The van der Waals surface area contributed by atoms with Gasteiger partial charge in [0.05, 0.1) is 12.0 Å². The van der Waals surface area contributed by atoms with Crippen LogP contribution in [0.15, 0.2) is 24.3 Å². The Balaban J connectivity index is 2.05. The second-order valence-corrected chi connectivity index (χ2v) is 6.89. The van der Waals surface area contributed by atoms with Crippen LogP contribution < -0.4 is 0 Å². The Hall–Kier alpha value is -1.32. The van der Waals surface area contributed by atoms with E-state index >= 15 is 0 Å². The van der Waals surface area contributed by atoms with E-state index in [-0.39, 0.29) is 5.97 Å². The van der Waals surface area contributed by atoms with Crippen LogP contribution in [0.1, 0.15) is 38.3 Å². The van der Waals surface area contributed by atoms with E-state index in [1.165, 1.54) is 16.7 Å². The molecule has 1 heterocycles. The van der Waals surface area contributed by atoms with Gasteiger partial charge >= 0.3 is 5.97 Å². The van der Waals surface area contributed by atoms with Crippen molar-refractivity contribution in [3.63, 3.8) is 0 Å². The summed E-state index contributed by atoms with van der Waals surface area (Å²) in [6.45, 7) is 8.98. The van der Waals surface area contributed by atoms with Gasteiger partial charge in [-0.3, -0.25) is 0 Å². The summed E-state index contributed by atoms with van der Waals surface area (Å²) < 4.78 is 0. The number of hydroxylamine groups is 2. The van der Waals surface area contributed by atoms with Crippen molar-refractivity contribution in [2.24, 2.45) is 5.41 Å². The average molecular weight is 308 g/mol. The molecule has 0 N–H and O–H groups in total. The van der Waals surface area contributed by atoms with Crippen LogP contribution in [0.4, 0.5) is 0 Å². The monoisotopic (exact) mass is 307 g/mol. The number of rotatable bonds is 2. The maximum Gasteiger partial charge on any atom is 0.330 e. The van der Waals surface area contributed by atoms with Crippen molar-refractivity contribution in [3.05, 3.63) is 40.4 Å². The van der Waals surface area contributed by atoms with Gasteiger partial charge in [-0.05, 0) is 62.9 Å². The first-order valence-electron chi connectivity index (χ1n) is 7.20. The van der Waals surface area contributed by atoms with Gasteiger partial charge in [0.25, 0.3) is 0 Å². The number of aryl methyl sites for hydroxylation is 1. The van der Waals surface area contributed by atoms with Crippen molar-refractivity contribution in [3.8, 4) is 0 Å². The molecule has 1 aromatic carbocycles. The number of halogens is 1. The molecule has 1 aliphatic heterocycles. The van der Waals surface area contributed by atoms with E-state index in [0.29, 0.717) is 13.1 Å². The molecule has 0 amide bonds. The molecule has 1 aliphatic rings. The lowest BCUT2D eigenvalue weighted by Crippen LogP contribution is -2.36. The molecule has 2 rings (SSSR count). The molecule has 3 nitrogen and oxygen atoms in total. The Morgan fingerprint density at radius 1 is 1.33 bits per heavy atom. The molecule has 0 saturated heterocycles. The number of carbonyl (C=O) groups excluding carboxylic acids is 1. The Labute approximate surface area is 131 Å². The number of hydrogen-bond donors (Lipinski definition) is 0. The molecule has 1 aromatic rings. The molecule has 0 spiro atoms.